The van der Waals surface area contributed by atoms with Crippen molar-refractivity contribution in [2.75, 3.05) is 36.4 Å². The van der Waals surface area contributed by atoms with Crippen LogP contribution in [0.5, 0.6) is 0 Å². The lowest BCUT2D eigenvalue weighted by Gasteiger charge is -2.30. The van der Waals surface area contributed by atoms with E-state index in [4.69, 9.17) is 4.42 Å². The normalized spacial score (nSPS) is 14.1. The Morgan fingerprint density at radius 2 is 2.16 bits per heavy atom. The van der Waals surface area contributed by atoms with Crippen LogP contribution in [0.25, 0.3) is 18.2 Å². The maximum Gasteiger partial charge on any atom is 0.357 e. The van der Waals surface area contributed by atoms with Crippen LogP contribution in [0.4, 0.5) is 11.4 Å². The maximum absolute atomic E-state index is 12.8. The van der Waals surface area contributed by atoms with Crippen molar-refractivity contribution in [3.63, 3.8) is 0 Å². The molecule has 0 aliphatic carbocycles. The number of carbonyl (C=O) groups excluding carboxylic acids is 1. The first-order valence-electron chi connectivity index (χ1n) is 10.3. The lowest BCUT2D eigenvalue weighted by molar-refractivity contribution is 0.0989. The van der Waals surface area contributed by atoms with Gasteiger partial charge < -0.3 is 20.0 Å². The predicted molar refractivity (Wildman–Crippen MR) is 121 cm³/mol. The van der Waals surface area contributed by atoms with Gasteiger partial charge in [0.2, 0.25) is 5.88 Å². The number of nitrogens with zero attached hydrogens (tertiary/aromatic N) is 6. The number of anilines is 2. The fraction of sp³-hybridized carbons (Fsp3) is 0.286. The molecule has 1 fully saturated rings. The molecule has 11 nitrogen and oxygen atoms in total. The molecule has 32 heavy (non-hydrogen) atoms. The van der Waals surface area contributed by atoms with E-state index in [0.717, 1.165) is 43.0 Å². The summed E-state index contributed by atoms with van der Waals surface area (Å²) in [5, 5.41) is 10.3. The molecule has 4 rings (SSSR count). The largest absolute Gasteiger partial charge is 0.414 e. The van der Waals surface area contributed by atoms with E-state index in [2.05, 4.69) is 37.2 Å². The second kappa shape index (κ2) is 9.43. The quantitative estimate of drug-likeness (QED) is 0.573. The van der Waals surface area contributed by atoms with Crippen molar-refractivity contribution in [3.05, 3.63) is 59.5 Å². The minimum absolute atomic E-state index is 0.0282. The Morgan fingerprint density at radius 3 is 2.91 bits per heavy atom. The van der Waals surface area contributed by atoms with Gasteiger partial charge in [-0.15, -0.1) is 9.78 Å². The van der Waals surface area contributed by atoms with Crippen molar-refractivity contribution in [2.45, 2.75) is 13.3 Å². The molecule has 1 saturated heterocycles. The molecule has 3 aromatic heterocycles. The number of oxazole rings is 1. The molecule has 11 heteroatoms. The van der Waals surface area contributed by atoms with Gasteiger partial charge in [0.05, 0.1) is 23.8 Å². The van der Waals surface area contributed by atoms with Crippen LogP contribution < -0.4 is 21.2 Å². The molecule has 0 radical (unpaired) electrons. The third-order valence-electron chi connectivity index (χ3n) is 4.91. The summed E-state index contributed by atoms with van der Waals surface area (Å²) >= 11 is 0. The average Bonchev–Trinajstić information content (AvgIpc) is 3.43. The van der Waals surface area contributed by atoms with Crippen molar-refractivity contribution in [1.82, 2.24) is 29.6 Å². The smallest absolute Gasteiger partial charge is 0.357 e. The number of rotatable bonds is 7. The number of hydrogen-bond donors (Lipinski definition) is 2. The highest BCUT2D eigenvalue weighted by atomic mass is 16.4. The average molecular weight is 436 g/mol. The molecule has 0 saturated carbocycles. The van der Waals surface area contributed by atoms with Crippen LogP contribution in [-0.2, 0) is 0 Å². The monoisotopic (exact) mass is 436 g/mol. The SMILES string of the molecule is C=Cc1nn(-c2cnc(C(=O)Nc3cnccc3N3CCNCC3)o2)c(=O)n1C=CCC. The Hall–Kier alpha value is -3.99. The molecular formula is C21H24N8O3. The van der Waals surface area contributed by atoms with Crippen LogP contribution in [0.3, 0.4) is 0 Å². The summed E-state index contributed by atoms with van der Waals surface area (Å²) in [5.41, 5.74) is 0.968. The Balaban J connectivity index is 1.57. The van der Waals surface area contributed by atoms with E-state index in [1.165, 1.54) is 16.8 Å². The van der Waals surface area contributed by atoms with Gasteiger partial charge in [0, 0.05) is 38.6 Å². The molecule has 4 heterocycles. The van der Waals surface area contributed by atoms with Crippen LogP contribution in [0, 0.1) is 0 Å². The topological polar surface area (TPSA) is 123 Å². The summed E-state index contributed by atoms with van der Waals surface area (Å²) in [6.45, 7) is 9.00. The lowest BCUT2D eigenvalue weighted by atomic mass is 10.2. The molecule has 0 spiro atoms. The maximum atomic E-state index is 12.8. The summed E-state index contributed by atoms with van der Waals surface area (Å²) in [4.78, 5) is 35.8. The minimum atomic E-state index is -0.553. The first kappa shape index (κ1) is 21.2. The number of amides is 1. The number of nitrogens with one attached hydrogen (secondary N) is 2. The Bertz CT molecular complexity index is 1200. The summed E-state index contributed by atoms with van der Waals surface area (Å²) in [5.74, 6) is -0.373. The minimum Gasteiger partial charge on any atom is -0.414 e. The molecule has 0 bridgehead atoms. The standard InChI is InChI=1S/C21H24N8O3/c1-3-5-10-28-17(4-2)26-29(21(28)31)18-14-24-20(32-18)19(30)25-15-13-23-7-6-16(15)27-11-8-22-9-12-27/h4-7,10,13-14,22H,2-3,8-9,11-12H2,1H3,(H,25,30). The third kappa shape index (κ3) is 4.23. The van der Waals surface area contributed by atoms with Crippen molar-refractivity contribution in [3.8, 4) is 5.88 Å². The van der Waals surface area contributed by atoms with Gasteiger partial charge in [0.25, 0.3) is 5.89 Å². The number of hydrogen-bond acceptors (Lipinski definition) is 8. The van der Waals surface area contributed by atoms with E-state index in [1.54, 1.807) is 18.6 Å². The molecule has 0 aromatic carbocycles. The van der Waals surface area contributed by atoms with Gasteiger partial charge >= 0.3 is 11.6 Å². The summed E-state index contributed by atoms with van der Waals surface area (Å²) in [6, 6.07) is 1.86. The number of pyridine rings is 1. The molecule has 1 amide bonds. The van der Waals surface area contributed by atoms with Crippen molar-refractivity contribution in [1.29, 1.82) is 0 Å². The summed E-state index contributed by atoms with van der Waals surface area (Å²) < 4.78 is 7.93. The molecule has 3 aromatic rings. The number of aromatic nitrogens is 5. The van der Waals surface area contributed by atoms with Gasteiger partial charge in [-0.3, -0.25) is 14.3 Å². The lowest BCUT2D eigenvalue weighted by Crippen LogP contribution is -2.43. The molecule has 1 aliphatic rings. The van der Waals surface area contributed by atoms with E-state index >= 15 is 0 Å². The third-order valence-corrected chi connectivity index (χ3v) is 4.91. The number of carbonyl (C=O) groups is 1. The molecule has 0 unspecified atom stereocenters. The Morgan fingerprint density at radius 1 is 1.34 bits per heavy atom. The first-order valence-corrected chi connectivity index (χ1v) is 10.3. The fourth-order valence-electron chi connectivity index (χ4n) is 3.34. The molecule has 1 aliphatic heterocycles. The fourth-order valence-corrected chi connectivity index (χ4v) is 3.34. The van der Waals surface area contributed by atoms with Crippen molar-refractivity contribution >= 4 is 29.6 Å². The highest BCUT2D eigenvalue weighted by molar-refractivity contribution is 6.02. The Labute approximate surface area is 184 Å². The highest BCUT2D eigenvalue weighted by Crippen LogP contribution is 2.25. The van der Waals surface area contributed by atoms with E-state index in [-0.39, 0.29) is 11.8 Å². The molecular weight excluding hydrogens is 412 g/mol. The van der Waals surface area contributed by atoms with Crippen LogP contribution >= 0.6 is 0 Å². The second-order valence-corrected chi connectivity index (χ2v) is 7.01. The van der Waals surface area contributed by atoms with Gasteiger partial charge in [-0.05, 0) is 18.6 Å². The molecule has 166 valence electrons. The van der Waals surface area contributed by atoms with E-state index in [0.29, 0.717) is 11.5 Å². The first-order chi connectivity index (χ1) is 15.6. The zero-order valence-corrected chi connectivity index (χ0v) is 17.7. The van der Waals surface area contributed by atoms with Gasteiger partial charge in [0.15, 0.2) is 5.82 Å². The highest BCUT2D eigenvalue weighted by Gasteiger charge is 2.21. The predicted octanol–water partition coefficient (Wildman–Crippen LogP) is 1.60. The van der Waals surface area contributed by atoms with Crippen molar-refractivity contribution < 1.29 is 9.21 Å². The van der Waals surface area contributed by atoms with E-state index in [1.807, 2.05) is 19.1 Å². The van der Waals surface area contributed by atoms with Gasteiger partial charge in [-0.1, -0.05) is 19.6 Å². The molecule has 2 N–H and O–H groups in total. The van der Waals surface area contributed by atoms with Crippen LogP contribution in [0.15, 0.2) is 46.5 Å². The van der Waals surface area contributed by atoms with Crippen molar-refractivity contribution in [2.24, 2.45) is 0 Å². The van der Waals surface area contributed by atoms with Crippen LogP contribution in [-0.4, -0.2) is 56.4 Å². The zero-order valence-electron chi connectivity index (χ0n) is 17.7. The molecule has 0 atom stereocenters. The van der Waals surface area contributed by atoms with Crippen LogP contribution in [0.2, 0.25) is 0 Å². The van der Waals surface area contributed by atoms with Crippen LogP contribution in [0.1, 0.15) is 29.9 Å². The number of allylic oxidation sites excluding steroid dienone is 1. The second-order valence-electron chi connectivity index (χ2n) is 7.01. The van der Waals surface area contributed by atoms with Gasteiger partial charge in [-0.25, -0.2) is 9.78 Å². The van der Waals surface area contributed by atoms with Gasteiger partial charge in [0.1, 0.15) is 0 Å². The van der Waals surface area contributed by atoms with E-state index < -0.39 is 11.6 Å². The summed E-state index contributed by atoms with van der Waals surface area (Å²) in [6.07, 6.45) is 10.2. The van der Waals surface area contributed by atoms with Gasteiger partial charge in [-0.2, -0.15) is 0 Å². The summed E-state index contributed by atoms with van der Waals surface area (Å²) in [7, 11) is 0. The zero-order chi connectivity index (χ0) is 22.5. The Kier molecular flexibility index (Phi) is 6.26. The number of piperazine rings is 1. The van der Waals surface area contributed by atoms with E-state index in [9.17, 15) is 9.59 Å².